The minimum atomic E-state index is -1.33. The fourth-order valence-corrected chi connectivity index (χ4v) is 2.70. The molecule has 1 unspecified atom stereocenters. The van der Waals surface area contributed by atoms with Gasteiger partial charge in [0.25, 0.3) is 0 Å². The van der Waals surface area contributed by atoms with Crippen molar-refractivity contribution in [3.05, 3.63) is 35.4 Å². The van der Waals surface area contributed by atoms with Crippen LogP contribution in [0, 0.1) is 6.92 Å². The zero-order valence-corrected chi connectivity index (χ0v) is 12.4. The van der Waals surface area contributed by atoms with Gasteiger partial charge in [0.15, 0.2) is 6.10 Å². The Balaban J connectivity index is 2.07. The Labute approximate surface area is 124 Å². The Morgan fingerprint density at radius 2 is 2.14 bits per heavy atom. The standard InChI is InChI=1S/C16H21NO4/c1-11-5-3-6-12(9-11)16(7-4-8-16)15(20)17-10-13(18)14(19)21-2/h3,5-6,9,13,18H,4,7-8,10H2,1-2H3,(H,17,20). The van der Waals surface area contributed by atoms with E-state index in [1.165, 1.54) is 7.11 Å². The van der Waals surface area contributed by atoms with Gasteiger partial charge in [0.1, 0.15) is 0 Å². The number of rotatable bonds is 5. The second kappa shape index (κ2) is 6.26. The molecule has 1 aromatic rings. The first-order valence-corrected chi connectivity index (χ1v) is 7.11. The Morgan fingerprint density at radius 3 is 2.67 bits per heavy atom. The van der Waals surface area contributed by atoms with Gasteiger partial charge in [-0.05, 0) is 25.3 Å². The van der Waals surface area contributed by atoms with E-state index in [2.05, 4.69) is 10.1 Å². The average molecular weight is 291 g/mol. The van der Waals surface area contributed by atoms with Crippen LogP contribution in [0.5, 0.6) is 0 Å². The summed E-state index contributed by atoms with van der Waals surface area (Å²) in [4.78, 5) is 23.6. The Hall–Kier alpha value is -1.88. The van der Waals surface area contributed by atoms with Crippen molar-refractivity contribution in [3.63, 3.8) is 0 Å². The lowest BCUT2D eigenvalue weighted by molar-refractivity contribution is -0.150. The molecule has 0 heterocycles. The van der Waals surface area contributed by atoms with E-state index in [9.17, 15) is 14.7 Å². The number of esters is 1. The van der Waals surface area contributed by atoms with Crippen LogP contribution in [-0.2, 0) is 19.7 Å². The van der Waals surface area contributed by atoms with E-state index in [1.54, 1.807) is 0 Å². The normalized spacial score (nSPS) is 17.5. The maximum absolute atomic E-state index is 12.5. The third-order valence-electron chi connectivity index (χ3n) is 4.14. The van der Waals surface area contributed by atoms with Crippen molar-refractivity contribution in [2.45, 2.75) is 37.7 Å². The number of ether oxygens (including phenoxy) is 1. The molecule has 0 spiro atoms. The number of aryl methyl sites for hydroxylation is 1. The highest BCUT2D eigenvalue weighted by atomic mass is 16.5. The van der Waals surface area contributed by atoms with Crippen molar-refractivity contribution in [2.75, 3.05) is 13.7 Å². The largest absolute Gasteiger partial charge is 0.467 e. The summed E-state index contributed by atoms with van der Waals surface area (Å²) in [6.45, 7) is 1.87. The molecule has 1 aliphatic carbocycles. The molecule has 1 aromatic carbocycles. The molecule has 2 N–H and O–H groups in total. The van der Waals surface area contributed by atoms with Crippen LogP contribution in [0.15, 0.2) is 24.3 Å². The summed E-state index contributed by atoms with van der Waals surface area (Å²) in [6, 6.07) is 7.92. The molecule has 0 radical (unpaired) electrons. The summed E-state index contributed by atoms with van der Waals surface area (Å²) >= 11 is 0. The molecule has 114 valence electrons. The summed E-state index contributed by atoms with van der Waals surface area (Å²) in [7, 11) is 1.20. The molecule has 21 heavy (non-hydrogen) atoms. The second-order valence-corrected chi connectivity index (χ2v) is 5.55. The van der Waals surface area contributed by atoms with Crippen molar-refractivity contribution in [1.82, 2.24) is 5.32 Å². The molecule has 0 aromatic heterocycles. The first-order chi connectivity index (χ1) is 9.99. The van der Waals surface area contributed by atoms with Crippen LogP contribution in [0.3, 0.4) is 0 Å². The maximum atomic E-state index is 12.5. The van der Waals surface area contributed by atoms with E-state index in [0.29, 0.717) is 0 Å². The van der Waals surface area contributed by atoms with Crippen molar-refractivity contribution < 1.29 is 19.4 Å². The Kier molecular flexibility index (Phi) is 4.63. The van der Waals surface area contributed by atoms with Gasteiger partial charge in [-0.3, -0.25) is 4.79 Å². The van der Waals surface area contributed by atoms with Crippen molar-refractivity contribution in [2.24, 2.45) is 0 Å². The number of methoxy groups -OCH3 is 1. The summed E-state index contributed by atoms with van der Waals surface area (Å²) in [6.07, 6.45) is 1.25. The molecule has 0 saturated heterocycles. The van der Waals surface area contributed by atoms with Crippen LogP contribution >= 0.6 is 0 Å². The van der Waals surface area contributed by atoms with Gasteiger partial charge >= 0.3 is 5.97 Å². The van der Waals surface area contributed by atoms with Crippen molar-refractivity contribution in [1.29, 1.82) is 0 Å². The zero-order chi connectivity index (χ0) is 15.5. The molecule has 1 fully saturated rings. The van der Waals surface area contributed by atoms with Gasteiger partial charge in [-0.1, -0.05) is 36.2 Å². The fourth-order valence-electron chi connectivity index (χ4n) is 2.70. The number of carbonyl (C=O) groups is 2. The molecule has 1 atom stereocenters. The molecule has 5 nitrogen and oxygen atoms in total. The number of carbonyl (C=O) groups excluding carboxylic acids is 2. The molecule has 2 rings (SSSR count). The molecule has 5 heteroatoms. The van der Waals surface area contributed by atoms with Crippen molar-refractivity contribution >= 4 is 11.9 Å². The van der Waals surface area contributed by atoms with Crippen LogP contribution in [0.1, 0.15) is 30.4 Å². The molecule has 0 aliphatic heterocycles. The van der Waals surface area contributed by atoms with E-state index in [0.717, 1.165) is 30.4 Å². The van der Waals surface area contributed by atoms with E-state index in [4.69, 9.17) is 0 Å². The van der Waals surface area contributed by atoms with Crippen molar-refractivity contribution in [3.8, 4) is 0 Å². The number of hydrogen-bond donors (Lipinski definition) is 2. The zero-order valence-electron chi connectivity index (χ0n) is 12.4. The highest BCUT2D eigenvalue weighted by Gasteiger charge is 2.45. The first-order valence-electron chi connectivity index (χ1n) is 7.11. The minimum absolute atomic E-state index is 0.126. The van der Waals surface area contributed by atoms with E-state index in [-0.39, 0.29) is 12.5 Å². The fraction of sp³-hybridized carbons (Fsp3) is 0.500. The van der Waals surface area contributed by atoms with E-state index >= 15 is 0 Å². The van der Waals surface area contributed by atoms with Gasteiger partial charge in [0.05, 0.1) is 19.1 Å². The third-order valence-corrected chi connectivity index (χ3v) is 4.14. The Morgan fingerprint density at radius 1 is 1.43 bits per heavy atom. The lowest BCUT2D eigenvalue weighted by atomic mass is 9.63. The predicted octanol–water partition coefficient (Wildman–Crippen LogP) is 1.07. The monoisotopic (exact) mass is 291 g/mol. The number of amides is 1. The van der Waals surface area contributed by atoms with E-state index < -0.39 is 17.5 Å². The van der Waals surface area contributed by atoms with Crippen LogP contribution in [0.4, 0.5) is 0 Å². The molecular formula is C16H21NO4. The predicted molar refractivity (Wildman–Crippen MR) is 77.7 cm³/mol. The molecule has 1 aliphatic rings. The summed E-state index contributed by atoms with van der Waals surface area (Å²) in [5, 5.41) is 12.2. The topological polar surface area (TPSA) is 75.6 Å². The number of aliphatic hydroxyl groups excluding tert-OH is 1. The van der Waals surface area contributed by atoms with E-state index in [1.807, 2.05) is 31.2 Å². The van der Waals surface area contributed by atoms with Crippen LogP contribution in [0.25, 0.3) is 0 Å². The maximum Gasteiger partial charge on any atom is 0.336 e. The lowest BCUT2D eigenvalue weighted by Crippen LogP contribution is -2.51. The molecular weight excluding hydrogens is 270 g/mol. The Bertz CT molecular complexity index is 537. The molecule has 1 saturated carbocycles. The van der Waals surface area contributed by atoms with Crippen LogP contribution in [-0.4, -0.2) is 36.7 Å². The molecule has 1 amide bonds. The second-order valence-electron chi connectivity index (χ2n) is 5.55. The summed E-state index contributed by atoms with van der Waals surface area (Å²) < 4.78 is 4.43. The highest BCUT2D eigenvalue weighted by molar-refractivity contribution is 5.89. The van der Waals surface area contributed by atoms with Gasteiger partial charge in [-0.15, -0.1) is 0 Å². The SMILES string of the molecule is COC(=O)C(O)CNC(=O)C1(c2cccc(C)c2)CCC1. The van der Waals surface area contributed by atoms with Gasteiger partial charge < -0.3 is 15.2 Å². The summed E-state index contributed by atoms with van der Waals surface area (Å²) in [5.41, 5.74) is 1.59. The number of aliphatic hydroxyl groups is 1. The van der Waals surface area contributed by atoms with Gasteiger partial charge in [-0.25, -0.2) is 4.79 Å². The first kappa shape index (κ1) is 15.5. The average Bonchev–Trinajstić information content (AvgIpc) is 2.42. The van der Waals surface area contributed by atoms with Gasteiger partial charge in [-0.2, -0.15) is 0 Å². The quantitative estimate of drug-likeness (QED) is 0.796. The van der Waals surface area contributed by atoms with Crippen LogP contribution < -0.4 is 5.32 Å². The molecule has 0 bridgehead atoms. The number of nitrogens with one attached hydrogen (secondary N) is 1. The summed E-state index contributed by atoms with van der Waals surface area (Å²) in [5.74, 6) is -0.879. The lowest BCUT2D eigenvalue weighted by Gasteiger charge is -2.41. The van der Waals surface area contributed by atoms with Gasteiger partial charge in [0.2, 0.25) is 5.91 Å². The van der Waals surface area contributed by atoms with Crippen LogP contribution in [0.2, 0.25) is 0 Å². The van der Waals surface area contributed by atoms with Gasteiger partial charge in [0, 0.05) is 0 Å². The smallest absolute Gasteiger partial charge is 0.336 e. The number of hydrogen-bond acceptors (Lipinski definition) is 4. The minimum Gasteiger partial charge on any atom is -0.467 e. The third kappa shape index (κ3) is 3.08. The highest BCUT2D eigenvalue weighted by Crippen LogP contribution is 2.44. The number of benzene rings is 1.